The number of alkyl halides is 2. The summed E-state index contributed by atoms with van der Waals surface area (Å²) in [5.41, 5.74) is 13.9. The molecule has 6 nitrogen and oxygen atoms in total. The first kappa shape index (κ1) is 62.2. The van der Waals surface area contributed by atoms with Gasteiger partial charge in [0.25, 0.3) is 0 Å². The average molecular weight is 984 g/mol. The minimum atomic E-state index is -3.45. The number of ether oxygens (including phenoxy) is 2. The molecule has 1 atom stereocenters. The third-order valence-corrected chi connectivity index (χ3v) is 14.5. The van der Waals surface area contributed by atoms with Crippen molar-refractivity contribution in [2.75, 3.05) is 45.6 Å². The first-order valence-electron chi connectivity index (χ1n) is 25.0. The van der Waals surface area contributed by atoms with E-state index in [-0.39, 0.29) is 6.61 Å². The SMILES string of the molecule is COc1ccc(COP(=O)(NC/C=C(\C)CC/C=C(\C)CC/C=C(\C)CC/C=C(\C)CC/C=C(\C)CC/C=C(\C)CC/C=C(\C)CC/C=C(\C)CCC=C(C)C)N(CCCl)CCCl)cc1OC. The number of rotatable bonds is 37. The van der Waals surface area contributed by atoms with Crippen molar-refractivity contribution in [2.45, 2.75) is 179 Å². The average Bonchev–Trinajstić information content (AvgIpc) is 3.28. The van der Waals surface area contributed by atoms with Crippen molar-refractivity contribution in [1.82, 2.24) is 9.76 Å². The third kappa shape index (κ3) is 31.1. The molecular weight excluding hydrogens is 891 g/mol. The molecule has 0 aliphatic heterocycles. The van der Waals surface area contributed by atoms with E-state index >= 15 is 0 Å². The Morgan fingerprint density at radius 2 is 0.836 bits per heavy atom. The topological polar surface area (TPSA) is 60.0 Å². The van der Waals surface area contributed by atoms with Gasteiger partial charge < -0.3 is 14.0 Å². The number of allylic oxidation sites excluding steroid dienone is 17. The summed E-state index contributed by atoms with van der Waals surface area (Å²) in [4.78, 5) is 0. The number of hydrogen-bond acceptors (Lipinski definition) is 4. The van der Waals surface area contributed by atoms with Crippen molar-refractivity contribution in [1.29, 1.82) is 0 Å². The summed E-state index contributed by atoms with van der Waals surface area (Å²) in [6.07, 6.45) is 39.2. The summed E-state index contributed by atoms with van der Waals surface area (Å²) in [7, 11) is -0.275. The van der Waals surface area contributed by atoms with Crippen LogP contribution >= 0.6 is 30.9 Å². The van der Waals surface area contributed by atoms with E-state index < -0.39 is 7.67 Å². The molecule has 0 aliphatic rings. The summed E-state index contributed by atoms with van der Waals surface area (Å²) < 4.78 is 32.8. The molecule has 1 aromatic carbocycles. The normalized spacial score (nSPS) is 14.8. The zero-order valence-electron chi connectivity index (χ0n) is 44.3. The van der Waals surface area contributed by atoms with Gasteiger partial charge in [-0.15, -0.1) is 23.2 Å². The van der Waals surface area contributed by atoms with Crippen LogP contribution in [-0.4, -0.2) is 50.3 Å². The lowest BCUT2D eigenvalue weighted by Crippen LogP contribution is -2.32. The second-order valence-electron chi connectivity index (χ2n) is 18.7. The summed E-state index contributed by atoms with van der Waals surface area (Å²) in [6.45, 7) is 23.7. The lowest BCUT2D eigenvalue weighted by atomic mass is 10.0. The van der Waals surface area contributed by atoms with E-state index in [0.29, 0.717) is 42.9 Å². The van der Waals surface area contributed by atoms with Crippen LogP contribution in [0, 0.1) is 0 Å². The Bertz CT molecular complexity index is 1890. The highest BCUT2D eigenvalue weighted by molar-refractivity contribution is 7.54. The Kier molecular flexibility index (Phi) is 35.3. The van der Waals surface area contributed by atoms with Gasteiger partial charge in [-0.1, -0.05) is 111 Å². The second kappa shape index (κ2) is 38.0. The molecule has 1 unspecified atom stereocenters. The minimum Gasteiger partial charge on any atom is -0.493 e. The molecule has 0 aromatic heterocycles. The molecule has 0 heterocycles. The van der Waals surface area contributed by atoms with Gasteiger partial charge in [0.05, 0.1) is 20.8 Å². The van der Waals surface area contributed by atoms with E-state index in [2.05, 4.69) is 129 Å². The smallest absolute Gasteiger partial charge is 0.344 e. The van der Waals surface area contributed by atoms with E-state index in [0.717, 1.165) is 95.5 Å². The summed E-state index contributed by atoms with van der Waals surface area (Å²) in [6, 6.07) is 5.51. The fraction of sp³-hybridized carbons (Fsp3) is 0.586. The molecule has 9 heteroatoms. The van der Waals surface area contributed by atoms with Crippen LogP contribution in [0.5, 0.6) is 11.5 Å². The van der Waals surface area contributed by atoms with Gasteiger partial charge in [-0.05, 0) is 190 Å². The highest BCUT2D eigenvalue weighted by atomic mass is 35.5. The fourth-order valence-corrected chi connectivity index (χ4v) is 9.96. The summed E-state index contributed by atoms with van der Waals surface area (Å²) in [5.74, 6) is 1.82. The first-order valence-corrected chi connectivity index (χ1v) is 27.7. The van der Waals surface area contributed by atoms with Crippen LogP contribution in [0.4, 0.5) is 0 Å². The highest BCUT2D eigenvalue weighted by Gasteiger charge is 2.31. The molecule has 0 aliphatic carbocycles. The van der Waals surface area contributed by atoms with E-state index in [1.54, 1.807) is 18.9 Å². The number of hydrogen-bond donors (Lipinski definition) is 1. The number of benzene rings is 1. The zero-order valence-corrected chi connectivity index (χ0v) is 46.7. The highest BCUT2D eigenvalue weighted by Crippen LogP contribution is 2.47. The van der Waals surface area contributed by atoms with Crippen LogP contribution in [0.25, 0.3) is 0 Å². The van der Waals surface area contributed by atoms with Gasteiger partial charge in [0, 0.05) is 31.4 Å². The predicted molar refractivity (Wildman–Crippen MR) is 296 cm³/mol. The maximum atomic E-state index is 14.2. The third-order valence-electron chi connectivity index (χ3n) is 12.0. The molecule has 0 bridgehead atoms. The van der Waals surface area contributed by atoms with Gasteiger partial charge in [0.1, 0.15) is 0 Å². The number of methoxy groups -OCH3 is 2. The molecular formula is C58H93Cl2N2O4P. The van der Waals surface area contributed by atoms with Crippen LogP contribution < -0.4 is 14.6 Å². The molecule has 0 radical (unpaired) electrons. The maximum absolute atomic E-state index is 14.2. The zero-order chi connectivity index (χ0) is 49.9. The quantitative estimate of drug-likeness (QED) is 0.0407. The lowest BCUT2D eigenvalue weighted by molar-refractivity contribution is 0.248. The van der Waals surface area contributed by atoms with E-state index in [9.17, 15) is 4.57 Å². The number of nitrogens with one attached hydrogen (secondary N) is 1. The summed E-state index contributed by atoms with van der Waals surface area (Å²) in [5, 5.41) is 3.19. The molecule has 1 aromatic rings. The molecule has 0 fully saturated rings. The Balaban J connectivity index is 2.43. The minimum absolute atomic E-state index is 0.122. The Morgan fingerprint density at radius 1 is 0.507 bits per heavy atom. The predicted octanol–water partition coefficient (Wildman–Crippen LogP) is 18.5. The molecule has 0 amide bonds. The summed E-state index contributed by atoms with van der Waals surface area (Å²) >= 11 is 12.2. The monoisotopic (exact) mass is 983 g/mol. The van der Waals surface area contributed by atoms with Crippen LogP contribution in [0.2, 0.25) is 0 Å². The van der Waals surface area contributed by atoms with Gasteiger partial charge >= 0.3 is 7.67 Å². The van der Waals surface area contributed by atoms with Crippen molar-refractivity contribution in [3.63, 3.8) is 0 Å². The Hall–Kier alpha value is -2.83. The maximum Gasteiger partial charge on any atom is 0.344 e. The van der Waals surface area contributed by atoms with Crippen molar-refractivity contribution >= 4 is 30.9 Å². The van der Waals surface area contributed by atoms with Crippen LogP contribution in [0.3, 0.4) is 0 Å². The fourth-order valence-electron chi connectivity index (χ4n) is 7.49. The molecule has 67 heavy (non-hydrogen) atoms. The molecule has 1 rings (SSSR count). The van der Waals surface area contributed by atoms with Crippen molar-refractivity contribution in [3.8, 4) is 11.5 Å². The van der Waals surface area contributed by atoms with Crippen molar-refractivity contribution in [3.05, 3.63) is 129 Å². The van der Waals surface area contributed by atoms with Gasteiger partial charge in [0.2, 0.25) is 0 Å². The van der Waals surface area contributed by atoms with Crippen LogP contribution in [0.15, 0.2) is 123 Å². The Morgan fingerprint density at radius 3 is 1.15 bits per heavy atom. The molecule has 0 saturated heterocycles. The molecule has 0 saturated carbocycles. The lowest BCUT2D eigenvalue weighted by Gasteiger charge is -2.30. The Labute approximate surface area is 421 Å². The van der Waals surface area contributed by atoms with Crippen LogP contribution in [0.1, 0.15) is 178 Å². The van der Waals surface area contributed by atoms with Crippen molar-refractivity contribution in [2.24, 2.45) is 0 Å². The molecule has 378 valence electrons. The van der Waals surface area contributed by atoms with Gasteiger partial charge in [-0.25, -0.2) is 9.76 Å². The second-order valence-corrected chi connectivity index (χ2v) is 21.6. The standard InChI is InChI=1S/C58H93Cl2N2O4P/c1-47(2)21-13-22-48(3)23-14-24-49(4)25-15-26-50(5)27-16-28-51(6)29-17-30-52(7)31-18-32-53(8)33-19-34-54(9)35-20-36-55(10)39-42-61-67(63,62(43-40-59)44-41-60)66-46-56-37-38-57(64-11)58(45-56)65-12/h21,23,25,27,29,31,33,35,37-39,45H,13-20,22,24,26,28,30,32,34,36,40-44,46H2,1-12H3,(H,61,63)/b48-23+,49-25+,50-27+,51-29+,52-31+,53-33+,54-35+,55-39+. The first-order chi connectivity index (χ1) is 32.0. The largest absolute Gasteiger partial charge is 0.493 e. The number of nitrogens with zero attached hydrogens (tertiary/aromatic N) is 1. The van der Waals surface area contributed by atoms with Crippen LogP contribution in [-0.2, 0) is 15.7 Å². The van der Waals surface area contributed by atoms with Gasteiger partial charge in [0.15, 0.2) is 11.5 Å². The van der Waals surface area contributed by atoms with Crippen molar-refractivity contribution < 1.29 is 18.6 Å². The molecule has 0 spiro atoms. The van der Waals surface area contributed by atoms with E-state index in [1.165, 1.54) is 63.0 Å². The van der Waals surface area contributed by atoms with Gasteiger partial charge in [-0.2, -0.15) is 0 Å². The van der Waals surface area contributed by atoms with Gasteiger partial charge in [-0.3, -0.25) is 4.57 Å². The number of halogens is 2. The van der Waals surface area contributed by atoms with E-state index in [4.69, 9.17) is 37.2 Å². The van der Waals surface area contributed by atoms with E-state index in [1.807, 2.05) is 18.2 Å². The molecule has 1 N–H and O–H groups in total.